The number of epoxide rings is 1. The minimum absolute atomic E-state index is 0.172. The molecule has 0 amide bonds. The van der Waals surface area contributed by atoms with Crippen LogP contribution in [-0.4, -0.2) is 18.8 Å². The van der Waals surface area contributed by atoms with E-state index in [1.807, 2.05) is 6.07 Å². The Hall–Kier alpha value is -1.22. The van der Waals surface area contributed by atoms with Crippen molar-refractivity contribution in [3.8, 4) is 11.5 Å². The Morgan fingerprint density at radius 2 is 2.33 bits per heavy atom. The lowest BCUT2D eigenvalue weighted by Crippen LogP contribution is -1.85. The molecule has 12 heavy (non-hydrogen) atoms. The number of hydrogen-bond donors (Lipinski definition) is 1. The molecule has 1 unspecified atom stereocenters. The van der Waals surface area contributed by atoms with Crippen molar-refractivity contribution in [2.45, 2.75) is 6.10 Å². The fraction of sp³-hybridized carbons (Fsp3) is 0.333. The minimum atomic E-state index is 0.172. The number of benzene rings is 1. The summed E-state index contributed by atoms with van der Waals surface area (Å²) in [5, 5.41) is 9.39. The smallest absolute Gasteiger partial charge is 0.160 e. The third kappa shape index (κ3) is 1.23. The van der Waals surface area contributed by atoms with E-state index in [1.54, 1.807) is 12.1 Å². The molecule has 64 valence electrons. The second-order valence-corrected chi connectivity index (χ2v) is 2.75. The van der Waals surface area contributed by atoms with Crippen molar-refractivity contribution in [2.24, 2.45) is 0 Å². The van der Waals surface area contributed by atoms with Gasteiger partial charge >= 0.3 is 0 Å². The van der Waals surface area contributed by atoms with Gasteiger partial charge in [-0.1, -0.05) is 6.07 Å². The maximum atomic E-state index is 9.39. The highest BCUT2D eigenvalue weighted by molar-refractivity contribution is 5.42. The molecule has 0 spiro atoms. The lowest BCUT2D eigenvalue weighted by atomic mass is 10.1. The number of hydrogen-bond acceptors (Lipinski definition) is 3. The van der Waals surface area contributed by atoms with Crippen LogP contribution in [0.1, 0.15) is 11.7 Å². The fourth-order valence-corrected chi connectivity index (χ4v) is 1.15. The number of methoxy groups -OCH3 is 1. The van der Waals surface area contributed by atoms with Gasteiger partial charge in [0.05, 0.1) is 13.7 Å². The number of phenolic OH excluding ortho intramolecular Hbond substituents is 1. The Balaban J connectivity index is 2.30. The number of ether oxygens (including phenoxy) is 2. The minimum Gasteiger partial charge on any atom is -0.504 e. The lowest BCUT2D eigenvalue weighted by Gasteiger charge is -2.03. The largest absolute Gasteiger partial charge is 0.504 e. The summed E-state index contributed by atoms with van der Waals surface area (Å²) in [5.41, 5.74) is 1.01. The molecule has 1 fully saturated rings. The van der Waals surface area contributed by atoms with Gasteiger partial charge < -0.3 is 14.6 Å². The average Bonchev–Trinajstić information content (AvgIpc) is 2.86. The highest BCUT2D eigenvalue weighted by Gasteiger charge is 2.25. The summed E-state index contributed by atoms with van der Waals surface area (Å²) < 4.78 is 9.98. The van der Waals surface area contributed by atoms with Crippen molar-refractivity contribution in [3.05, 3.63) is 23.8 Å². The van der Waals surface area contributed by atoms with Gasteiger partial charge in [-0.15, -0.1) is 0 Å². The molecule has 1 aromatic carbocycles. The molecule has 2 rings (SSSR count). The summed E-state index contributed by atoms with van der Waals surface area (Å²) >= 11 is 0. The van der Waals surface area contributed by atoms with E-state index in [0.29, 0.717) is 5.75 Å². The summed E-state index contributed by atoms with van der Waals surface area (Å²) in [7, 11) is 1.53. The molecule has 0 bridgehead atoms. The van der Waals surface area contributed by atoms with E-state index in [4.69, 9.17) is 9.47 Å². The van der Waals surface area contributed by atoms with Gasteiger partial charge in [-0.3, -0.25) is 0 Å². The number of phenols is 1. The highest BCUT2D eigenvalue weighted by Crippen LogP contribution is 2.35. The molecule has 1 atom stereocenters. The molecule has 0 saturated carbocycles. The first-order chi connectivity index (χ1) is 5.81. The predicted octanol–water partition coefficient (Wildman–Crippen LogP) is 1.47. The molecule has 1 N–H and O–H groups in total. The van der Waals surface area contributed by atoms with Crippen LogP contribution in [0.5, 0.6) is 11.5 Å². The third-order valence-corrected chi connectivity index (χ3v) is 1.91. The molecular weight excluding hydrogens is 156 g/mol. The van der Waals surface area contributed by atoms with Crippen LogP contribution in [0.3, 0.4) is 0 Å². The van der Waals surface area contributed by atoms with Gasteiger partial charge in [-0.2, -0.15) is 0 Å². The monoisotopic (exact) mass is 166 g/mol. The van der Waals surface area contributed by atoms with E-state index < -0.39 is 0 Å². The molecule has 0 aliphatic carbocycles. The lowest BCUT2D eigenvalue weighted by molar-refractivity contribution is 0.371. The average molecular weight is 166 g/mol. The van der Waals surface area contributed by atoms with E-state index in [0.717, 1.165) is 12.2 Å². The second kappa shape index (κ2) is 2.68. The summed E-state index contributed by atoms with van der Waals surface area (Å²) in [6.07, 6.45) is 0.182. The Morgan fingerprint density at radius 1 is 1.58 bits per heavy atom. The number of aromatic hydroxyl groups is 1. The third-order valence-electron chi connectivity index (χ3n) is 1.91. The van der Waals surface area contributed by atoms with Gasteiger partial charge in [0.1, 0.15) is 6.10 Å². The first-order valence-electron chi connectivity index (χ1n) is 3.80. The molecule has 1 saturated heterocycles. The summed E-state index contributed by atoms with van der Waals surface area (Å²) in [6.45, 7) is 0.756. The van der Waals surface area contributed by atoms with Gasteiger partial charge in [-0.25, -0.2) is 0 Å². The van der Waals surface area contributed by atoms with E-state index in [-0.39, 0.29) is 11.9 Å². The Labute approximate surface area is 70.5 Å². The molecule has 1 aliphatic rings. The van der Waals surface area contributed by atoms with Crippen molar-refractivity contribution in [1.82, 2.24) is 0 Å². The Bertz CT molecular complexity index is 292. The van der Waals surface area contributed by atoms with Crippen molar-refractivity contribution in [2.75, 3.05) is 13.7 Å². The maximum absolute atomic E-state index is 9.39. The van der Waals surface area contributed by atoms with Gasteiger partial charge in [0.2, 0.25) is 0 Å². The molecule has 1 aromatic rings. The van der Waals surface area contributed by atoms with Crippen LogP contribution >= 0.6 is 0 Å². The van der Waals surface area contributed by atoms with Crippen LogP contribution in [0.4, 0.5) is 0 Å². The number of rotatable bonds is 2. The van der Waals surface area contributed by atoms with E-state index in [9.17, 15) is 5.11 Å². The zero-order valence-electron chi connectivity index (χ0n) is 6.78. The molecule has 0 radical (unpaired) electrons. The standard InChI is InChI=1S/C9H10O3/c1-11-8-3-2-6(4-7(8)10)9-5-12-9/h2-4,9-10H,5H2,1H3. The molecule has 0 aromatic heterocycles. The zero-order chi connectivity index (χ0) is 8.55. The SMILES string of the molecule is COc1ccc(C2CO2)cc1O. The van der Waals surface area contributed by atoms with Crippen molar-refractivity contribution in [3.63, 3.8) is 0 Å². The van der Waals surface area contributed by atoms with E-state index in [2.05, 4.69) is 0 Å². The Morgan fingerprint density at radius 3 is 2.83 bits per heavy atom. The molecular formula is C9H10O3. The maximum Gasteiger partial charge on any atom is 0.160 e. The Kier molecular flexibility index (Phi) is 1.66. The van der Waals surface area contributed by atoms with Gasteiger partial charge in [0.25, 0.3) is 0 Å². The topological polar surface area (TPSA) is 42.0 Å². The van der Waals surface area contributed by atoms with E-state index >= 15 is 0 Å². The van der Waals surface area contributed by atoms with Gasteiger partial charge in [0, 0.05) is 0 Å². The van der Waals surface area contributed by atoms with Crippen LogP contribution in [0.25, 0.3) is 0 Å². The first kappa shape index (κ1) is 7.43. The van der Waals surface area contributed by atoms with E-state index in [1.165, 1.54) is 7.11 Å². The van der Waals surface area contributed by atoms with Gasteiger partial charge in [0.15, 0.2) is 11.5 Å². The highest BCUT2D eigenvalue weighted by atomic mass is 16.6. The molecule has 3 heteroatoms. The van der Waals surface area contributed by atoms with Crippen LogP contribution in [0.15, 0.2) is 18.2 Å². The molecule has 1 heterocycles. The van der Waals surface area contributed by atoms with Crippen LogP contribution in [0.2, 0.25) is 0 Å². The van der Waals surface area contributed by atoms with Gasteiger partial charge in [-0.05, 0) is 17.7 Å². The fourth-order valence-electron chi connectivity index (χ4n) is 1.15. The molecule has 1 aliphatic heterocycles. The predicted molar refractivity (Wildman–Crippen MR) is 43.4 cm³/mol. The van der Waals surface area contributed by atoms with Crippen LogP contribution in [-0.2, 0) is 4.74 Å². The van der Waals surface area contributed by atoms with Crippen LogP contribution in [0, 0.1) is 0 Å². The summed E-state index contributed by atoms with van der Waals surface area (Å²) in [4.78, 5) is 0. The van der Waals surface area contributed by atoms with Crippen molar-refractivity contribution < 1.29 is 14.6 Å². The first-order valence-corrected chi connectivity index (χ1v) is 3.80. The quantitative estimate of drug-likeness (QED) is 0.676. The summed E-state index contributed by atoms with van der Waals surface area (Å²) in [6, 6.07) is 5.32. The molecule has 3 nitrogen and oxygen atoms in total. The summed E-state index contributed by atoms with van der Waals surface area (Å²) in [5.74, 6) is 0.671. The normalized spacial score (nSPS) is 20.6. The zero-order valence-corrected chi connectivity index (χ0v) is 6.78. The van der Waals surface area contributed by atoms with Crippen molar-refractivity contribution >= 4 is 0 Å². The second-order valence-electron chi connectivity index (χ2n) is 2.75. The van der Waals surface area contributed by atoms with Crippen molar-refractivity contribution in [1.29, 1.82) is 0 Å². The van der Waals surface area contributed by atoms with Crippen LogP contribution < -0.4 is 4.74 Å².